The molecule has 1 N–H and O–H groups in total. The van der Waals surface area contributed by atoms with Gasteiger partial charge in [0.2, 0.25) is 11.7 Å². The number of carbonyl (C=O) groups excluding carboxylic acids is 2. The standard InChI is InChI=1S/C32H36ClN3O4/c33-25-14-7-9-22(17-25)20-36-29(24-12-5-2-6-13-24)27(37)19-32(31(36)39)15-8-16-35(21-32)30(38)28-18-26(34-40-28)23-10-3-1-4-11-23/h2,5-7,9,12-14,17-18,23,27,29,37H,1,3-4,8,10-11,15-16,19-21H2/t27-,29+,32+/m1/s1. The molecule has 0 bridgehead atoms. The van der Waals surface area contributed by atoms with Crippen LogP contribution in [0.1, 0.15) is 90.7 Å². The minimum atomic E-state index is -0.872. The van der Waals surface area contributed by atoms with Gasteiger partial charge in [-0.25, -0.2) is 0 Å². The predicted octanol–water partition coefficient (Wildman–Crippen LogP) is 6.13. The van der Waals surface area contributed by atoms with E-state index in [4.69, 9.17) is 16.1 Å². The van der Waals surface area contributed by atoms with E-state index >= 15 is 0 Å². The molecule has 0 unspecified atom stereocenters. The number of hydrogen-bond acceptors (Lipinski definition) is 5. The van der Waals surface area contributed by atoms with Crippen LogP contribution in [0.5, 0.6) is 0 Å². The Hall–Kier alpha value is -3.16. The van der Waals surface area contributed by atoms with Gasteiger partial charge in [0, 0.05) is 36.6 Å². The second-order valence-electron chi connectivity index (χ2n) is 11.8. The van der Waals surface area contributed by atoms with Gasteiger partial charge in [0.05, 0.1) is 23.3 Å². The van der Waals surface area contributed by atoms with Crippen LogP contribution in [0.15, 0.2) is 65.2 Å². The molecule has 0 radical (unpaired) electrons. The molecule has 2 aromatic carbocycles. The molecule has 1 aromatic heterocycles. The van der Waals surface area contributed by atoms with Crippen LogP contribution in [0.25, 0.3) is 0 Å². The molecule has 40 heavy (non-hydrogen) atoms. The number of likely N-dealkylation sites (tertiary alicyclic amines) is 2. The van der Waals surface area contributed by atoms with Crippen LogP contribution >= 0.6 is 11.6 Å². The maximum atomic E-state index is 14.4. The van der Waals surface area contributed by atoms with Crippen molar-refractivity contribution in [1.29, 1.82) is 0 Å². The first kappa shape index (κ1) is 27.0. The van der Waals surface area contributed by atoms with Crippen LogP contribution in [0.2, 0.25) is 5.02 Å². The van der Waals surface area contributed by atoms with Gasteiger partial charge in [-0.2, -0.15) is 0 Å². The fourth-order valence-electron chi connectivity index (χ4n) is 7.07. The van der Waals surface area contributed by atoms with E-state index in [2.05, 4.69) is 5.16 Å². The number of benzene rings is 2. The van der Waals surface area contributed by atoms with Crippen molar-refractivity contribution < 1.29 is 19.2 Å². The van der Waals surface area contributed by atoms with E-state index in [1.54, 1.807) is 15.9 Å². The number of aliphatic hydroxyl groups excluding tert-OH is 1. The van der Waals surface area contributed by atoms with Gasteiger partial charge in [-0.05, 0) is 55.4 Å². The molecule has 2 amide bonds. The molecule has 1 saturated carbocycles. The van der Waals surface area contributed by atoms with Gasteiger partial charge in [-0.1, -0.05) is 78.5 Å². The molecule has 7 nitrogen and oxygen atoms in total. The highest BCUT2D eigenvalue weighted by Gasteiger charge is 2.53. The Morgan fingerprint density at radius 3 is 2.62 bits per heavy atom. The zero-order valence-corrected chi connectivity index (χ0v) is 23.4. The number of aromatic nitrogens is 1. The van der Waals surface area contributed by atoms with E-state index in [9.17, 15) is 14.7 Å². The summed E-state index contributed by atoms with van der Waals surface area (Å²) in [5.41, 5.74) is 1.77. The summed E-state index contributed by atoms with van der Waals surface area (Å²) in [6.07, 6.45) is 6.55. The van der Waals surface area contributed by atoms with Crippen molar-refractivity contribution in [3.63, 3.8) is 0 Å². The molecular weight excluding hydrogens is 526 g/mol. The monoisotopic (exact) mass is 561 g/mol. The van der Waals surface area contributed by atoms with Gasteiger partial charge >= 0.3 is 0 Å². The predicted molar refractivity (Wildman–Crippen MR) is 152 cm³/mol. The number of hydrogen-bond donors (Lipinski definition) is 1. The zero-order valence-electron chi connectivity index (χ0n) is 22.7. The van der Waals surface area contributed by atoms with Gasteiger partial charge in [0.25, 0.3) is 5.91 Å². The largest absolute Gasteiger partial charge is 0.391 e. The SMILES string of the molecule is O=C(c1cc(C2CCCCC2)no1)N1CCC[C@]2(C[C@@H](O)[C@H](c3ccccc3)N(Cc3cccc(Cl)c3)C2=O)C1. The summed E-state index contributed by atoms with van der Waals surface area (Å²) in [7, 11) is 0. The van der Waals surface area contributed by atoms with Crippen LogP contribution in [0.4, 0.5) is 0 Å². The highest BCUT2D eigenvalue weighted by Crippen LogP contribution is 2.47. The second kappa shape index (κ2) is 11.4. The molecule has 3 atom stereocenters. The summed E-state index contributed by atoms with van der Waals surface area (Å²) in [5, 5.41) is 16.4. The lowest BCUT2D eigenvalue weighted by atomic mass is 9.69. The number of amides is 2. The van der Waals surface area contributed by atoms with E-state index in [0.29, 0.717) is 43.3 Å². The van der Waals surface area contributed by atoms with Gasteiger partial charge in [0.1, 0.15) is 0 Å². The van der Waals surface area contributed by atoms with Gasteiger partial charge in [-0.3, -0.25) is 9.59 Å². The van der Waals surface area contributed by atoms with E-state index in [1.807, 2.05) is 54.6 Å². The summed E-state index contributed by atoms with van der Waals surface area (Å²) in [6.45, 7) is 1.10. The lowest BCUT2D eigenvalue weighted by Gasteiger charge is -2.51. The number of aliphatic hydroxyl groups is 1. The Labute approximate surface area is 240 Å². The van der Waals surface area contributed by atoms with Crippen LogP contribution < -0.4 is 0 Å². The van der Waals surface area contributed by atoms with Crippen molar-refractivity contribution in [2.75, 3.05) is 13.1 Å². The van der Waals surface area contributed by atoms with Crippen molar-refractivity contribution >= 4 is 23.4 Å². The molecule has 1 aliphatic carbocycles. The molecular formula is C32H36ClN3O4. The highest BCUT2D eigenvalue weighted by atomic mass is 35.5. The quantitative estimate of drug-likeness (QED) is 0.405. The minimum absolute atomic E-state index is 0.0374. The van der Waals surface area contributed by atoms with Gasteiger partial charge < -0.3 is 19.4 Å². The number of halogens is 1. The Bertz CT molecular complexity index is 1350. The van der Waals surface area contributed by atoms with Crippen LogP contribution in [-0.2, 0) is 11.3 Å². The highest BCUT2D eigenvalue weighted by molar-refractivity contribution is 6.30. The Balaban J connectivity index is 1.27. The van der Waals surface area contributed by atoms with E-state index in [0.717, 1.165) is 29.7 Å². The maximum Gasteiger partial charge on any atom is 0.292 e. The second-order valence-corrected chi connectivity index (χ2v) is 12.2. The van der Waals surface area contributed by atoms with Crippen molar-refractivity contribution in [3.05, 3.63) is 88.3 Å². The van der Waals surface area contributed by atoms with Crippen LogP contribution in [0.3, 0.4) is 0 Å². The average molecular weight is 562 g/mol. The van der Waals surface area contributed by atoms with Crippen molar-refractivity contribution in [1.82, 2.24) is 15.0 Å². The smallest absolute Gasteiger partial charge is 0.292 e. The first-order chi connectivity index (χ1) is 19.4. The van der Waals surface area contributed by atoms with Crippen LogP contribution in [0, 0.1) is 5.41 Å². The van der Waals surface area contributed by atoms with E-state index < -0.39 is 17.6 Å². The molecule has 2 saturated heterocycles. The number of carbonyl (C=O) groups is 2. The fourth-order valence-corrected chi connectivity index (χ4v) is 7.29. The van der Waals surface area contributed by atoms with E-state index in [1.165, 1.54) is 19.3 Å². The van der Waals surface area contributed by atoms with Crippen molar-refractivity contribution in [3.8, 4) is 0 Å². The van der Waals surface area contributed by atoms with E-state index in [-0.39, 0.29) is 24.1 Å². The minimum Gasteiger partial charge on any atom is -0.391 e. The summed E-state index contributed by atoms with van der Waals surface area (Å²) in [5.74, 6) is 0.309. The molecule has 3 aliphatic rings. The zero-order chi connectivity index (χ0) is 27.7. The average Bonchev–Trinajstić information content (AvgIpc) is 3.47. The summed E-state index contributed by atoms with van der Waals surface area (Å²) >= 11 is 6.28. The third kappa shape index (κ3) is 5.29. The molecule has 2 aliphatic heterocycles. The normalized spacial score (nSPS) is 25.9. The Morgan fingerprint density at radius 2 is 1.85 bits per heavy atom. The molecule has 8 heteroatoms. The summed E-state index contributed by atoms with van der Waals surface area (Å²) in [6, 6.07) is 18.5. The summed E-state index contributed by atoms with van der Waals surface area (Å²) in [4.78, 5) is 31.6. The number of rotatable bonds is 5. The topological polar surface area (TPSA) is 86.9 Å². The molecule has 210 valence electrons. The maximum absolute atomic E-state index is 14.4. The molecule has 6 rings (SSSR count). The Morgan fingerprint density at radius 1 is 1.05 bits per heavy atom. The molecule has 3 heterocycles. The third-order valence-corrected chi connectivity index (χ3v) is 9.26. The fraction of sp³-hybridized carbons (Fsp3) is 0.469. The van der Waals surface area contributed by atoms with Crippen molar-refractivity contribution in [2.45, 2.75) is 76.0 Å². The Kier molecular flexibility index (Phi) is 7.69. The first-order valence-corrected chi connectivity index (χ1v) is 14.9. The molecule has 1 spiro atoms. The molecule has 3 fully saturated rings. The number of nitrogens with zero attached hydrogens (tertiary/aromatic N) is 3. The number of piperidine rings is 2. The van der Waals surface area contributed by atoms with Crippen LogP contribution in [-0.4, -0.2) is 51.1 Å². The third-order valence-electron chi connectivity index (χ3n) is 9.02. The van der Waals surface area contributed by atoms with Gasteiger partial charge in [-0.15, -0.1) is 0 Å². The summed E-state index contributed by atoms with van der Waals surface area (Å²) < 4.78 is 5.54. The lowest BCUT2D eigenvalue weighted by molar-refractivity contribution is -0.165. The molecule has 3 aromatic rings. The lowest BCUT2D eigenvalue weighted by Crippen LogP contribution is -2.61. The van der Waals surface area contributed by atoms with Crippen molar-refractivity contribution in [2.24, 2.45) is 5.41 Å². The van der Waals surface area contributed by atoms with Gasteiger partial charge in [0.15, 0.2) is 0 Å². The first-order valence-electron chi connectivity index (χ1n) is 14.5.